The smallest absolute Gasteiger partial charge is 0.341 e. The number of amides is 1. The van der Waals surface area contributed by atoms with Crippen molar-refractivity contribution in [1.82, 2.24) is 0 Å². The summed E-state index contributed by atoms with van der Waals surface area (Å²) in [7, 11) is 1.36. The van der Waals surface area contributed by atoms with Gasteiger partial charge in [-0.2, -0.15) is 0 Å². The highest BCUT2D eigenvalue weighted by atomic mass is 79.9. The summed E-state index contributed by atoms with van der Waals surface area (Å²) in [5.41, 5.74) is 1.51. The molecule has 1 atom stereocenters. The molecule has 1 aliphatic carbocycles. The summed E-state index contributed by atoms with van der Waals surface area (Å²) in [6.45, 7) is 2.08. The number of hydrogen-bond acceptors (Lipinski definition) is 5. The molecule has 7 heteroatoms. The second-order valence-corrected chi connectivity index (χ2v) is 8.36. The summed E-state index contributed by atoms with van der Waals surface area (Å²) >= 11 is 4.82. The Bertz CT molecular complexity index is 816. The minimum Gasteiger partial charge on any atom is -0.484 e. The predicted octanol–water partition coefficient (Wildman–Crippen LogP) is 4.44. The average Bonchev–Trinajstić information content (AvgIpc) is 2.97. The van der Waals surface area contributed by atoms with E-state index in [9.17, 15) is 9.59 Å². The molecule has 1 aromatic carbocycles. The van der Waals surface area contributed by atoms with Crippen LogP contribution in [0.2, 0.25) is 0 Å². The number of hydrogen-bond donors (Lipinski definition) is 1. The summed E-state index contributed by atoms with van der Waals surface area (Å²) < 4.78 is 11.4. The highest BCUT2D eigenvalue weighted by molar-refractivity contribution is 9.10. The Balaban J connectivity index is 1.73. The van der Waals surface area contributed by atoms with E-state index < -0.39 is 5.97 Å². The highest BCUT2D eigenvalue weighted by Gasteiger charge is 2.28. The van der Waals surface area contributed by atoms with Crippen LogP contribution in [0.25, 0.3) is 0 Å². The summed E-state index contributed by atoms with van der Waals surface area (Å²) in [5.74, 6) is 0.484. The van der Waals surface area contributed by atoms with Gasteiger partial charge in [0.15, 0.2) is 6.61 Å². The van der Waals surface area contributed by atoms with Crippen LogP contribution in [-0.4, -0.2) is 25.6 Å². The summed E-state index contributed by atoms with van der Waals surface area (Å²) in [6.07, 6.45) is 2.80. The van der Waals surface area contributed by atoms with Gasteiger partial charge in [0.05, 0.1) is 12.7 Å². The minimum absolute atomic E-state index is 0.124. The fourth-order valence-corrected chi connectivity index (χ4v) is 4.68. The Morgan fingerprint density at radius 3 is 2.73 bits per heavy atom. The zero-order valence-corrected chi connectivity index (χ0v) is 17.0. The van der Waals surface area contributed by atoms with Crippen LogP contribution in [-0.2, 0) is 22.4 Å². The number of halogens is 1. The number of nitrogens with one attached hydrogen (secondary N) is 1. The monoisotopic (exact) mass is 437 g/mol. The Morgan fingerprint density at radius 1 is 1.31 bits per heavy atom. The van der Waals surface area contributed by atoms with E-state index in [-0.39, 0.29) is 12.5 Å². The molecule has 1 heterocycles. The number of rotatable bonds is 5. The van der Waals surface area contributed by atoms with Crippen LogP contribution in [0.4, 0.5) is 5.00 Å². The molecule has 1 aromatic heterocycles. The molecule has 0 fully saturated rings. The molecule has 3 rings (SSSR count). The summed E-state index contributed by atoms with van der Waals surface area (Å²) in [6, 6.07) is 7.25. The fourth-order valence-electron chi connectivity index (χ4n) is 3.00. The number of anilines is 1. The van der Waals surface area contributed by atoms with Crippen molar-refractivity contribution in [2.45, 2.75) is 26.2 Å². The number of methoxy groups -OCH3 is 1. The molecule has 1 aliphatic rings. The number of carbonyl (C=O) groups excluding carboxylic acids is 2. The molecule has 5 nitrogen and oxygen atoms in total. The van der Waals surface area contributed by atoms with Crippen LogP contribution in [0.3, 0.4) is 0 Å². The topological polar surface area (TPSA) is 64.6 Å². The molecular formula is C19H20BrNO4S. The van der Waals surface area contributed by atoms with Gasteiger partial charge in [-0.1, -0.05) is 22.9 Å². The van der Waals surface area contributed by atoms with Crippen LogP contribution < -0.4 is 10.1 Å². The number of benzene rings is 1. The molecule has 0 radical (unpaired) electrons. The first-order valence-electron chi connectivity index (χ1n) is 8.39. The molecule has 1 N–H and O–H groups in total. The van der Waals surface area contributed by atoms with Crippen molar-refractivity contribution < 1.29 is 19.1 Å². The molecule has 0 bridgehead atoms. The zero-order valence-electron chi connectivity index (χ0n) is 14.6. The molecule has 26 heavy (non-hydrogen) atoms. The number of fused-ring (bicyclic) bond motifs is 1. The van der Waals surface area contributed by atoms with E-state index in [1.165, 1.54) is 18.4 Å². The number of esters is 1. The Morgan fingerprint density at radius 2 is 2.04 bits per heavy atom. The minimum atomic E-state index is -0.402. The third kappa shape index (κ3) is 4.27. The second-order valence-electron chi connectivity index (χ2n) is 6.34. The normalized spacial score (nSPS) is 15.9. The summed E-state index contributed by atoms with van der Waals surface area (Å²) in [5, 5.41) is 3.38. The Hall–Kier alpha value is -1.86. The van der Waals surface area contributed by atoms with E-state index in [2.05, 4.69) is 28.2 Å². The quantitative estimate of drug-likeness (QED) is 0.702. The maximum Gasteiger partial charge on any atom is 0.341 e. The molecule has 0 unspecified atom stereocenters. The van der Waals surface area contributed by atoms with Crippen LogP contribution in [0.5, 0.6) is 5.75 Å². The van der Waals surface area contributed by atoms with Gasteiger partial charge in [-0.15, -0.1) is 11.3 Å². The van der Waals surface area contributed by atoms with Crippen molar-refractivity contribution in [2.75, 3.05) is 19.0 Å². The lowest BCUT2D eigenvalue weighted by Gasteiger charge is -2.18. The third-order valence-electron chi connectivity index (χ3n) is 4.34. The van der Waals surface area contributed by atoms with Crippen molar-refractivity contribution in [1.29, 1.82) is 0 Å². The maximum atomic E-state index is 12.3. The SMILES string of the molecule is COC(=O)c1c(NC(=O)COc2ccc(Br)cc2)sc2c1CC[C@H](C)C2. The molecule has 0 saturated heterocycles. The van der Waals surface area contributed by atoms with Crippen molar-refractivity contribution in [3.63, 3.8) is 0 Å². The molecule has 2 aromatic rings. The lowest BCUT2D eigenvalue weighted by Crippen LogP contribution is -2.21. The first-order valence-corrected chi connectivity index (χ1v) is 10.00. The standard InChI is InChI=1S/C19H20BrNO4S/c1-11-3-8-14-15(9-11)26-18(17(14)19(23)24-2)21-16(22)10-25-13-6-4-12(20)5-7-13/h4-7,11H,3,8-10H2,1-2H3,(H,21,22)/t11-/m0/s1. The van der Waals surface area contributed by atoms with Crippen LogP contribution in [0, 0.1) is 5.92 Å². The molecule has 0 spiro atoms. The van der Waals surface area contributed by atoms with Gasteiger partial charge < -0.3 is 14.8 Å². The predicted molar refractivity (Wildman–Crippen MR) is 105 cm³/mol. The second kappa shape index (κ2) is 8.22. The number of carbonyl (C=O) groups is 2. The Kier molecular flexibility index (Phi) is 5.98. The first-order chi connectivity index (χ1) is 12.5. The van der Waals surface area contributed by atoms with Gasteiger partial charge in [0.25, 0.3) is 5.91 Å². The number of thiophene rings is 1. The largest absolute Gasteiger partial charge is 0.484 e. The van der Waals surface area contributed by atoms with E-state index in [0.29, 0.717) is 22.2 Å². The van der Waals surface area contributed by atoms with E-state index in [4.69, 9.17) is 9.47 Å². The zero-order chi connectivity index (χ0) is 18.7. The van der Waals surface area contributed by atoms with Gasteiger partial charge in [0.2, 0.25) is 0 Å². The van der Waals surface area contributed by atoms with Gasteiger partial charge in [0, 0.05) is 9.35 Å². The van der Waals surface area contributed by atoms with Crippen LogP contribution in [0.1, 0.15) is 34.1 Å². The average molecular weight is 438 g/mol. The number of ether oxygens (including phenoxy) is 2. The van der Waals surface area contributed by atoms with E-state index in [1.54, 1.807) is 12.1 Å². The first kappa shape index (κ1) is 18.9. The summed E-state index contributed by atoms with van der Waals surface area (Å²) in [4.78, 5) is 25.7. The molecular weight excluding hydrogens is 418 g/mol. The molecule has 138 valence electrons. The van der Waals surface area contributed by atoms with Crippen LogP contribution >= 0.6 is 27.3 Å². The van der Waals surface area contributed by atoms with E-state index >= 15 is 0 Å². The van der Waals surface area contributed by atoms with Gasteiger partial charge in [-0.25, -0.2) is 4.79 Å². The van der Waals surface area contributed by atoms with Crippen molar-refractivity contribution >= 4 is 44.1 Å². The van der Waals surface area contributed by atoms with Crippen LogP contribution in [0.15, 0.2) is 28.7 Å². The lowest BCUT2D eigenvalue weighted by molar-refractivity contribution is -0.118. The molecule has 1 amide bonds. The Labute approximate surface area is 164 Å². The molecule has 0 aliphatic heterocycles. The molecule has 0 saturated carbocycles. The van der Waals surface area contributed by atoms with Gasteiger partial charge >= 0.3 is 5.97 Å². The van der Waals surface area contributed by atoms with Gasteiger partial charge in [-0.05, 0) is 55.0 Å². The fraction of sp³-hybridized carbons (Fsp3) is 0.368. The van der Waals surface area contributed by atoms with Crippen molar-refractivity contribution in [2.24, 2.45) is 5.92 Å². The third-order valence-corrected chi connectivity index (χ3v) is 6.04. The van der Waals surface area contributed by atoms with Gasteiger partial charge in [-0.3, -0.25) is 4.79 Å². The van der Waals surface area contributed by atoms with Crippen molar-refractivity contribution in [3.8, 4) is 5.75 Å². The highest BCUT2D eigenvalue weighted by Crippen LogP contribution is 2.40. The lowest BCUT2D eigenvalue weighted by atomic mass is 9.88. The van der Waals surface area contributed by atoms with Gasteiger partial charge in [0.1, 0.15) is 10.8 Å². The van der Waals surface area contributed by atoms with E-state index in [1.807, 2.05) is 12.1 Å². The maximum absolute atomic E-state index is 12.3. The van der Waals surface area contributed by atoms with Crippen molar-refractivity contribution in [3.05, 3.63) is 44.7 Å². The van der Waals surface area contributed by atoms with E-state index in [0.717, 1.165) is 34.2 Å².